The molecule has 4 N–H and O–H groups in total. The zero-order valence-corrected chi connectivity index (χ0v) is 17.3. The van der Waals surface area contributed by atoms with Crippen LogP contribution >= 0.6 is 0 Å². The number of hydrogen-bond acceptors (Lipinski definition) is 5. The Morgan fingerprint density at radius 1 is 1.03 bits per heavy atom. The predicted octanol–water partition coefficient (Wildman–Crippen LogP) is 4.94. The van der Waals surface area contributed by atoms with Gasteiger partial charge in [0, 0.05) is 34.3 Å². The molecule has 0 bridgehead atoms. The quantitative estimate of drug-likeness (QED) is 0.409. The van der Waals surface area contributed by atoms with Gasteiger partial charge in [0.1, 0.15) is 23.4 Å². The van der Waals surface area contributed by atoms with Crippen LogP contribution in [0.3, 0.4) is 0 Å². The van der Waals surface area contributed by atoms with Crippen molar-refractivity contribution in [1.29, 1.82) is 5.41 Å². The molecule has 0 saturated carbocycles. The van der Waals surface area contributed by atoms with Gasteiger partial charge in [0.2, 0.25) is 0 Å². The molecule has 156 valence electrons. The van der Waals surface area contributed by atoms with Crippen molar-refractivity contribution >= 4 is 23.3 Å². The van der Waals surface area contributed by atoms with E-state index in [4.69, 9.17) is 20.9 Å². The van der Waals surface area contributed by atoms with E-state index in [0.717, 1.165) is 39.5 Å². The van der Waals surface area contributed by atoms with Gasteiger partial charge in [0.15, 0.2) is 0 Å². The number of hydrogen-bond donors (Lipinski definition) is 3. The first-order valence-electron chi connectivity index (χ1n) is 9.86. The van der Waals surface area contributed by atoms with Gasteiger partial charge in [-0.15, -0.1) is 0 Å². The highest BCUT2D eigenvalue weighted by atomic mass is 19.1. The second-order valence-electron chi connectivity index (χ2n) is 7.31. The fourth-order valence-electron chi connectivity index (χ4n) is 3.70. The molecule has 1 aliphatic heterocycles. The van der Waals surface area contributed by atoms with Crippen molar-refractivity contribution in [2.75, 3.05) is 12.8 Å². The Bertz CT molecular complexity index is 1180. The van der Waals surface area contributed by atoms with E-state index in [1.807, 2.05) is 43.3 Å². The number of benzene rings is 3. The monoisotopic (exact) mass is 414 g/mol. The topological polar surface area (TPSA) is 83.5 Å². The van der Waals surface area contributed by atoms with Crippen molar-refractivity contribution in [2.45, 2.75) is 13.0 Å². The van der Waals surface area contributed by atoms with E-state index in [1.54, 1.807) is 25.3 Å². The van der Waals surface area contributed by atoms with Crippen molar-refractivity contribution in [3.63, 3.8) is 0 Å². The summed E-state index contributed by atoms with van der Waals surface area (Å²) < 4.78 is 18.8. The number of nitrogen functional groups attached to an aromatic ring is 1. The molecule has 31 heavy (non-hydrogen) atoms. The third-order valence-corrected chi connectivity index (χ3v) is 5.34. The van der Waals surface area contributed by atoms with Crippen molar-refractivity contribution in [3.05, 3.63) is 100 Å². The molecule has 0 aliphatic carbocycles. The van der Waals surface area contributed by atoms with E-state index in [9.17, 15) is 4.39 Å². The smallest absolute Gasteiger partial charge is 0.133 e. The first-order valence-corrected chi connectivity index (χ1v) is 9.86. The molecule has 1 unspecified atom stereocenters. The van der Waals surface area contributed by atoms with Crippen molar-refractivity contribution in [1.82, 2.24) is 5.32 Å². The standard InChI is InChI=1S/C25H23FN4O/c1-15-23(18-7-12-22(28)19(13-18)14-27)24(16-3-8-20(26)9-4-16)30-25(29-15)17-5-10-21(31-2)11-6-17/h3-14,24,27H,28H2,1-2H3,(H,29,30). The van der Waals surface area contributed by atoms with Crippen LogP contribution in [0.4, 0.5) is 10.1 Å². The van der Waals surface area contributed by atoms with Crippen LogP contribution < -0.4 is 15.8 Å². The third kappa shape index (κ3) is 4.05. The molecule has 5 nitrogen and oxygen atoms in total. The number of aliphatic imine (C=N–C) groups is 1. The van der Waals surface area contributed by atoms with E-state index in [1.165, 1.54) is 18.3 Å². The van der Waals surface area contributed by atoms with E-state index in [-0.39, 0.29) is 11.9 Å². The number of rotatable bonds is 5. The average Bonchev–Trinajstić information content (AvgIpc) is 2.79. The summed E-state index contributed by atoms with van der Waals surface area (Å²) in [4.78, 5) is 4.99. The first kappa shape index (κ1) is 20.3. The lowest BCUT2D eigenvalue weighted by Gasteiger charge is -2.28. The van der Waals surface area contributed by atoms with Crippen LogP contribution in [0.25, 0.3) is 5.57 Å². The SMILES string of the molecule is COc1ccc(C2=NC(c3ccc(F)cc3)C(c3ccc(N)c(C=N)c3)=C(C)N2)cc1. The van der Waals surface area contributed by atoms with Crippen LogP contribution in [-0.2, 0) is 0 Å². The van der Waals surface area contributed by atoms with Crippen molar-refractivity contribution in [2.24, 2.45) is 4.99 Å². The van der Waals surface area contributed by atoms with Crippen LogP contribution in [0.2, 0.25) is 0 Å². The van der Waals surface area contributed by atoms with Crippen LogP contribution in [0.1, 0.15) is 35.2 Å². The Morgan fingerprint density at radius 2 is 1.71 bits per heavy atom. The summed E-state index contributed by atoms with van der Waals surface area (Å²) in [7, 11) is 1.63. The van der Waals surface area contributed by atoms with Gasteiger partial charge in [-0.3, -0.25) is 4.99 Å². The predicted molar refractivity (Wildman–Crippen MR) is 123 cm³/mol. The largest absolute Gasteiger partial charge is 0.497 e. The van der Waals surface area contributed by atoms with Gasteiger partial charge in [0.25, 0.3) is 0 Å². The fourth-order valence-corrected chi connectivity index (χ4v) is 3.70. The minimum Gasteiger partial charge on any atom is -0.497 e. The van der Waals surface area contributed by atoms with Gasteiger partial charge in [0.05, 0.1) is 7.11 Å². The number of allylic oxidation sites excluding steroid dienone is 1. The Morgan fingerprint density at radius 3 is 2.35 bits per heavy atom. The summed E-state index contributed by atoms with van der Waals surface area (Å²) in [5.74, 6) is 1.20. The Hall–Kier alpha value is -3.93. The van der Waals surface area contributed by atoms with Crippen molar-refractivity contribution < 1.29 is 9.13 Å². The number of amidine groups is 1. The number of anilines is 1. The average molecular weight is 414 g/mol. The maximum atomic E-state index is 13.6. The van der Waals surface area contributed by atoms with Gasteiger partial charge in [-0.05, 0) is 66.6 Å². The minimum absolute atomic E-state index is 0.294. The molecule has 1 atom stereocenters. The highest BCUT2D eigenvalue weighted by Crippen LogP contribution is 2.39. The number of halogens is 1. The number of nitrogens with one attached hydrogen (secondary N) is 2. The zero-order chi connectivity index (χ0) is 22.0. The molecular weight excluding hydrogens is 391 g/mol. The lowest BCUT2D eigenvalue weighted by Crippen LogP contribution is -2.29. The molecule has 1 aliphatic rings. The fraction of sp³-hybridized carbons (Fsp3) is 0.120. The lowest BCUT2D eigenvalue weighted by atomic mass is 9.89. The van der Waals surface area contributed by atoms with Gasteiger partial charge < -0.3 is 21.2 Å². The molecule has 3 aromatic carbocycles. The lowest BCUT2D eigenvalue weighted by molar-refractivity contribution is 0.415. The molecule has 1 heterocycles. The molecule has 0 fully saturated rings. The van der Waals surface area contributed by atoms with E-state index in [0.29, 0.717) is 11.3 Å². The summed E-state index contributed by atoms with van der Waals surface area (Å²) in [5, 5.41) is 11.1. The Labute approximate surface area is 180 Å². The van der Waals surface area contributed by atoms with Gasteiger partial charge in [-0.2, -0.15) is 0 Å². The van der Waals surface area contributed by atoms with Gasteiger partial charge >= 0.3 is 0 Å². The maximum absolute atomic E-state index is 13.6. The minimum atomic E-state index is -0.346. The van der Waals surface area contributed by atoms with Crippen LogP contribution in [0, 0.1) is 11.2 Å². The highest BCUT2D eigenvalue weighted by molar-refractivity contribution is 6.03. The van der Waals surface area contributed by atoms with Gasteiger partial charge in [-0.1, -0.05) is 18.2 Å². The Kier molecular flexibility index (Phi) is 5.54. The van der Waals surface area contributed by atoms with E-state index >= 15 is 0 Å². The van der Waals surface area contributed by atoms with Crippen LogP contribution in [0.15, 0.2) is 77.4 Å². The van der Waals surface area contributed by atoms with Crippen LogP contribution in [-0.4, -0.2) is 19.2 Å². The molecule has 0 saturated heterocycles. The number of ether oxygens (including phenoxy) is 1. The zero-order valence-electron chi connectivity index (χ0n) is 17.3. The number of methoxy groups -OCH3 is 1. The second kappa shape index (κ2) is 8.44. The molecule has 6 heteroatoms. The summed E-state index contributed by atoms with van der Waals surface area (Å²) in [5.41, 5.74) is 11.7. The molecule has 0 radical (unpaired) electrons. The van der Waals surface area contributed by atoms with Crippen molar-refractivity contribution in [3.8, 4) is 5.75 Å². The number of nitrogens with zero attached hydrogens (tertiary/aromatic N) is 1. The molecular formula is C25H23FN4O. The molecule has 4 rings (SSSR count). The van der Waals surface area contributed by atoms with E-state index in [2.05, 4.69) is 5.32 Å². The molecule has 0 aromatic heterocycles. The molecule has 0 spiro atoms. The number of nitrogens with two attached hydrogens (primary N) is 1. The van der Waals surface area contributed by atoms with Gasteiger partial charge in [-0.25, -0.2) is 4.39 Å². The molecule has 0 amide bonds. The maximum Gasteiger partial charge on any atom is 0.133 e. The summed E-state index contributed by atoms with van der Waals surface area (Å²) in [6.07, 6.45) is 1.24. The first-order chi connectivity index (χ1) is 15.0. The van der Waals surface area contributed by atoms with E-state index < -0.39 is 0 Å². The normalized spacial score (nSPS) is 15.8. The summed E-state index contributed by atoms with van der Waals surface area (Å²) >= 11 is 0. The van der Waals surface area contributed by atoms with Crippen LogP contribution in [0.5, 0.6) is 5.75 Å². The highest BCUT2D eigenvalue weighted by Gasteiger charge is 2.26. The molecule has 3 aromatic rings. The second-order valence-corrected chi connectivity index (χ2v) is 7.31. The Balaban J connectivity index is 1.83. The summed E-state index contributed by atoms with van der Waals surface area (Å²) in [6.45, 7) is 1.99. The summed E-state index contributed by atoms with van der Waals surface area (Å²) in [6, 6.07) is 19.3. The third-order valence-electron chi connectivity index (χ3n) is 5.34.